The molecule has 0 saturated heterocycles. The van der Waals surface area contributed by atoms with Crippen LogP contribution in [0.1, 0.15) is 37.0 Å². The van der Waals surface area contributed by atoms with E-state index in [0.29, 0.717) is 18.7 Å². The number of rotatable bonds is 8. The van der Waals surface area contributed by atoms with Crippen molar-refractivity contribution in [2.75, 3.05) is 10.8 Å². The second-order valence-corrected chi connectivity index (χ2v) is 7.83. The van der Waals surface area contributed by atoms with Crippen molar-refractivity contribution in [3.63, 3.8) is 0 Å². The Morgan fingerprint density at radius 3 is 2.52 bits per heavy atom. The quantitative estimate of drug-likeness (QED) is 0.645. The van der Waals surface area contributed by atoms with E-state index in [4.69, 9.17) is 10.00 Å². The average molecular weight is 386 g/mol. The predicted molar refractivity (Wildman–Crippen MR) is 103 cm³/mol. The molecule has 6 nitrogen and oxygen atoms in total. The van der Waals surface area contributed by atoms with E-state index in [1.807, 2.05) is 13.0 Å². The first kappa shape index (κ1) is 20.5. The smallest absolute Gasteiger partial charge is 0.339 e. The van der Waals surface area contributed by atoms with Crippen LogP contribution in [0.3, 0.4) is 0 Å². The first-order valence-corrected chi connectivity index (χ1v) is 10.1. The van der Waals surface area contributed by atoms with Gasteiger partial charge in [-0.25, -0.2) is 13.2 Å². The average Bonchev–Trinajstić information content (AvgIpc) is 2.69. The molecule has 0 aliphatic carbocycles. The van der Waals surface area contributed by atoms with Gasteiger partial charge in [0.05, 0.1) is 16.1 Å². The molecule has 0 fully saturated rings. The summed E-state index contributed by atoms with van der Waals surface area (Å²) in [5, 5.41) is 8.77. The number of hydrogen-bond donors (Lipinski definition) is 0. The normalized spacial score (nSPS) is 12.0. The van der Waals surface area contributed by atoms with E-state index in [-0.39, 0.29) is 10.5 Å². The van der Waals surface area contributed by atoms with Crippen molar-refractivity contribution in [3.05, 3.63) is 60.2 Å². The highest BCUT2D eigenvalue weighted by Crippen LogP contribution is 2.25. The first-order valence-electron chi connectivity index (χ1n) is 8.68. The second kappa shape index (κ2) is 9.19. The zero-order valence-corrected chi connectivity index (χ0v) is 16.1. The molecule has 0 unspecified atom stereocenters. The number of nitrogens with zero attached hydrogens (tertiary/aromatic N) is 2. The van der Waals surface area contributed by atoms with Crippen molar-refractivity contribution >= 4 is 21.7 Å². The molecule has 2 aromatic carbocycles. The van der Waals surface area contributed by atoms with Crippen LogP contribution >= 0.6 is 0 Å². The van der Waals surface area contributed by atoms with Crippen molar-refractivity contribution < 1.29 is 17.9 Å². The number of para-hydroxylation sites is 1. The van der Waals surface area contributed by atoms with Crippen LogP contribution in [-0.4, -0.2) is 27.0 Å². The lowest BCUT2D eigenvalue weighted by Gasteiger charge is -2.24. The minimum Gasteiger partial charge on any atom is -0.444 e. The number of anilines is 1. The van der Waals surface area contributed by atoms with E-state index in [1.165, 1.54) is 35.5 Å². The van der Waals surface area contributed by atoms with Crippen LogP contribution in [0.15, 0.2) is 59.5 Å². The van der Waals surface area contributed by atoms with Crippen molar-refractivity contribution in [2.45, 2.75) is 37.7 Å². The number of hydrogen-bond acceptors (Lipinski definition) is 5. The maximum atomic E-state index is 13.2. The van der Waals surface area contributed by atoms with E-state index in [2.05, 4.69) is 0 Å². The fourth-order valence-corrected chi connectivity index (χ4v) is 4.00. The number of unbranched alkanes of at least 4 members (excludes halogenated alkanes) is 1. The van der Waals surface area contributed by atoms with E-state index < -0.39 is 22.1 Å². The van der Waals surface area contributed by atoms with Crippen molar-refractivity contribution in [1.29, 1.82) is 5.26 Å². The third-order valence-corrected chi connectivity index (χ3v) is 5.71. The highest BCUT2D eigenvalue weighted by molar-refractivity contribution is 7.92. The summed E-state index contributed by atoms with van der Waals surface area (Å²) >= 11 is 0. The largest absolute Gasteiger partial charge is 0.444 e. The molecule has 0 aliphatic rings. The van der Waals surface area contributed by atoms with Crippen LogP contribution in [0.2, 0.25) is 0 Å². The lowest BCUT2D eigenvalue weighted by molar-refractivity contribution is 0.0435. The molecule has 0 spiro atoms. The minimum atomic E-state index is -3.86. The Labute approximate surface area is 160 Å². The van der Waals surface area contributed by atoms with Crippen LogP contribution in [0, 0.1) is 11.3 Å². The Morgan fingerprint density at radius 1 is 1.19 bits per heavy atom. The number of carbonyl (C=O) groups excluding carboxylic acids is 1. The number of ether oxygens (including phenoxy) is 1. The monoisotopic (exact) mass is 386 g/mol. The molecule has 0 saturated carbocycles. The Hall–Kier alpha value is -2.85. The summed E-state index contributed by atoms with van der Waals surface area (Å²) in [6, 6.07) is 16.3. The molecule has 0 aromatic heterocycles. The van der Waals surface area contributed by atoms with E-state index in [9.17, 15) is 13.2 Å². The lowest BCUT2D eigenvalue weighted by atomic mass is 10.2. The van der Waals surface area contributed by atoms with Gasteiger partial charge in [-0.15, -0.1) is 0 Å². The van der Waals surface area contributed by atoms with Gasteiger partial charge in [0.1, 0.15) is 6.07 Å². The van der Waals surface area contributed by atoms with Gasteiger partial charge in [-0.2, -0.15) is 5.26 Å². The fourth-order valence-electron chi connectivity index (χ4n) is 2.45. The number of benzene rings is 2. The molecule has 0 radical (unpaired) electrons. The van der Waals surface area contributed by atoms with Gasteiger partial charge in [0.15, 0.2) is 6.10 Å². The van der Waals surface area contributed by atoms with Crippen molar-refractivity contribution in [2.24, 2.45) is 0 Å². The molecule has 0 aliphatic heterocycles. The summed E-state index contributed by atoms with van der Waals surface area (Å²) < 4.78 is 32.7. The third kappa shape index (κ3) is 5.08. The van der Waals surface area contributed by atoms with Gasteiger partial charge in [-0.1, -0.05) is 37.6 Å². The number of sulfonamides is 1. The number of nitriles is 1. The topological polar surface area (TPSA) is 87.5 Å². The maximum Gasteiger partial charge on any atom is 0.339 e. The molecule has 142 valence electrons. The van der Waals surface area contributed by atoms with Crippen LogP contribution in [0.25, 0.3) is 0 Å². The molecule has 7 heteroatoms. The molecule has 2 rings (SSSR count). The Morgan fingerprint density at radius 2 is 1.89 bits per heavy atom. The number of carbonyl (C=O) groups is 1. The molecular formula is C20H22N2O4S. The van der Waals surface area contributed by atoms with Gasteiger partial charge >= 0.3 is 5.97 Å². The van der Waals surface area contributed by atoms with Crippen LogP contribution in [-0.2, 0) is 14.8 Å². The molecule has 1 atom stereocenters. The third-order valence-electron chi connectivity index (χ3n) is 3.88. The minimum absolute atomic E-state index is 0.00140. The summed E-state index contributed by atoms with van der Waals surface area (Å²) in [5.74, 6) is -0.735. The molecule has 27 heavy (non-hydrogen) atoms. The van der Waals surface area contributed by atoms with E-state index >= 15 is 0 Å². The maximum absolute atomic E-state index is 13.2. The van der Waals surface area contributed by atoms with Crippen molar-refractivity contribution in [1.82, 2.24) is 0 Å². The molecule has 2 aromatic rings. The molecule has 0 bridgehead atoms. The van der Waals surface area contributed by atoms with Gasteiger partial charge in [-0.3, -0.25) is 4.31 Å². The molecule has 0 N–H and O–H groups in total. The van der Waals surface area contributed by atoms with Gasteiger partial charge in [0.2, 0.25) is 0 Å². The summed E-state index contributed by atoms with van der Waals surface area (Å²) in [6.07, 6.45) is 0.635. The van der Waals surface area contributed by atoms with Crippen LogP contribution < -0.4 is 4.31 Å². The molecule has 0 heterocycles. The fraction of sp³-hybridized carbons (Fsp3) is 0.300. The van der Waals surface area contributed by atoms with Gasteiger partial charge in [-0.05, 0) is 43.7 Å². The number of esters is 1. The van der Waals surface area contributed by atoms with Crippen molar-refractivity contribution in [3.8, 4) is 6.07 Å². The van der Waals surface area contributed by atoms with Gasteiger partial charge in [0, 0.05) is 6.54 Å². The first-order chi connectivity index (χ1) is 12.9. The molecule has 0 amide bonds. The Bertz CT molecular complexity index is 920. The Balaban J connectivity index is 2.40. The predicted octanol–water partition coefficient (Wildman–Crippen LogP) is 3.75. The molecular weight excluding hydrogens is 364 g/mol. The lowest BCUT2D eigenvalue weighted by Crippen LogP contribution is -2.32. The van der Waals surface area contributed by atoms with Crippen LogP contribution in [0.5, 0.6) is 0 Å². The summed E-state index contributed by atoms with van der Waals surface area (Å²) in [5.41, 5.74) is 0.652. The zero-order valence-electron chi connectivity index (χ0n) is 15.3. The highest BCUT2D eigenvalue weighted by Gasteiger charge is 2.25. The summed E-state index contributed by atoms with van der Waals surface area (Å²) in [6.45, 7) is 3.77. The van der Waals surface area contributed by atoms with E-state index in [1.54, 1.807) is 30.3 Å². The summed E-state index contributed by atoms with van der Waals surface area (Å²) in [7, 11) is -3.86. The summed E-state index contributed by atoms with van der Waals surface area (Å²) in [4.78, 5) is 12.1. The van der Waals surface area contributed by atoms with E-state index in [0.717, 1.165) is 6.42 Å². The van der Waals surface area contributed by atoms with Crippen LogP contribution in [0.4, 0.5) is 5.69 Å². The Kier molecular flexibility index (Phi) is 6.97. The second-order valence-electron chi connectivity index (χ2n) is 5.97. The zero-order chi connectivity index (χ0) is 19.9. The SMILES string of the molecule is CCCCN(c1ccccc1)S(=O)(=O)c1cccc(C(=O)O[C@H](C)C#N)c1. The standard InChI is InChI=1S/C20H22N2O4S/c1-3-4-13-22(18-10-6-5-7-11-18)27(24,25)19-12-8-9-17(14-19)20(23)26-16(2)15-21/h5-12,14,16H,3-4,13H2,1-2H3/t16-/m1/s1. The highest BCUT2D eigenvalue weighted by atomic mass is 32.2. The van der Waals surface area contributed by atoms with Gasteiger partial charge < -0.3 is 4.74 Å². The van der Waals surface area contributed by atoms with Gasteiger partial charge in [0.25, 0.3) is 10.0 Å².